The maximum absolute atomic E-state index is 5.22. The highest BCUT2D eigenvalue weighted by Gasteiger charge is 2.09. The summed E-state index contributed by atoms with van der Waals surface area (Å²) in [6.07, 6.45) is 8.04. The zero-order valence-corrected chi connectivity index (χ0v) is 19.0. The van der Waals surface area contributed by atoms with E-state index in [1.165, 1.54) is 55.4 Å². The highest BCUT2D eigenvalue weighted by atomic mass is 32.2. The summed E-state index contributed by atoms with van der Waals surface area (Å²) in [7, 11) is 1.69. The molecule has 0 aliphatic rings. The lowest BCUT2D eigenvalue weighted by atomic mass is 10.1. The predicted molar refractivity (Wildman–Crippen MR) is 126 cm³/mol. The Hall–Kier alpha value is -1.50. The van der Waals surface area contributed by atoms with Crippen LogP contribution in [0.3, 0.4) is 0 Å². The predicted octanol–water partition coefficient (Wildman–Crippen LogP) is 7.89. The fourth-order valence-corrected chi connectivity index (χ4v) is 4.57. The molecule has 0 aliphatic heterocycles. The van der Waals surface area contributed by atoms with Gasteiger partial charge in [0.25, 0.3) is 0 Å². The van der Waals surface area contributed by atoms with Gasteiger partial charge in [0.2, 0.25) is 0 Å². The van der Waals surface area contributed by atoms with Crippen molar-refractivity contribution in [2.24, 2.45) is 0 Å². The van der Waals surface area contributed by atoms with Crippen molar-refractivity contribution >= 4 is 23.5 Å². The largest absolute Gasteiger partial charge is 0.497 e. The van der Waals surface area contributed by atoms with E-state index < -0.39 is 0 Å². The van der Waals surface area contributed by atoms with Crippen LogP contribution in [0.25, 0.3) is 0 Å². The quantitative estimate of drug-likeness (QED) is 0.211. The standard InChI is InChI=1S/C25H32OS2/c1-4-5-6-7-8-9-19-28-25(22-12-10-21(2)11-13-22)18-20-27-24-16-14-23(26-3)15-17-24/h10-17,25H,4-9,19H2,1-3H3/t25-/m1/s1. The van der Waals surface area contributed by atoms with Crippen molar-refractivity contribution in [1.82, 2.24) is 0 Å². The molecule has 2 aromatic carbocycles. The summed E-state index contributed by atoms with van der Waals surface area (Å²) in [6.45, 7) is 4.40. The normalized spacial score (nSPS) is 11.5. The van der Waals surface area contributed by atoms with E-state index in [2.05, 4.69) is 61.4 Å². The van der Waals surface area contributed by atoms with Gasteiger partial charge in [-0.3, -0.25) is 0 Å². The molecule has 0 spiro atoms. The van der Waals surface area contributed by atoms with Gasteiger partial charge in [-0.05, 0) is 65.9 Å². The molecular formula is C25H32OS2. The Morgan fingerprint density at radius 3 is 2.25 bits per heavy atom. The number of hydrogen-bond donors (Lipinski definition) is 0. The first kappa shape index (κ1) is 22.8. The second-order valence-electron chi connectivity index (χ2n) is 6.95. The summed E-state index contributed by atoms with van der Waals surface area (Å²) in [5.74, 6) is 5.54. The van der Waals surface area contributed by atoms with Crippen LogP contribution in [0, 0.1) is 18.1 Å². The number of ether oxygens (including phenoxy) is 1. The zero-order valence-electron chi connectivity index (χ0n) is 17.4. The van der Waals surface area contributed by atoms with Gasteiger partial charge < -0.3 is 4.74 Å². The fourth-order valence-electron chi connectivity index (χ4n) is 2.83. The van der Waals surface area contributed by atoms with Crippen LogP contribution >= 0.6 is 23.5 Å². The molecule has 0 radical (unpaired) electrons. The lowest BCUT2D eigenvalue weighted by Gasteiger charge is -2.11. The van der Waals surface area contributed by atoms with Crippen molar-refractivity contribution in [3.63, 3.8) is 0 Å². The first-order valence-electron chi connectivity index (χ1n) is 10.2. The Bertz CT molecular complexity index is 726. The molecule has 0 aromatic heterocycles. The molecular weight excluding hydrogens is 380 g/mol. The topological polar surface area (TPSA) is 9.23 Å². The second kappa shape index (κ2) is 13.6. The summed E-state index contributed by atoms with van der Waals surface area (Å²) in [6, 6.07) is 16.9. The minimum absolute atomic E-state index is 0.238. The molecule has 1 nitrogen and oxygen atoms in total. The molecule has 2 rings (SSSR count). The lowest BCUT2D eigenvalue weighted by Crippen LogP contribution is -1.93. The lowest BCUT2D eigenvalue weighted by molar-refractivity contribution is 0.414. The molecule has 0 N–H and O–H groups in total. The van der Waals surface area contributed by atoms with Crippen LogP contribution in [-0.4, -0.2) is 12.9 Å². The fraction of sp³-hybridized carbons (Fsp3) is 0.440. The summed E-state index contributed by atoms with van der Waals surface area (Å²) in [4.78, 5) is 1.15. The second-order valence-corrected chi connectivity index (χ2v) is 9.05. The van der Waals surface area contributed by atoms with Crippen LogP contribution < -0.4 is 4.74 Å². The van der Waals surface area contributed by atoms with Gasteiger partial charge in [-0.1, -0.05) is 74.8 Å². The first-order chi connectivity index (χ1) is 13.7. The minimum atomic E-state index is 0.238. The van der Waals surface area contributed by atoms with Crippen LogP contribution in [0.1, 0.15) is 61.8 Å². The van der Waals surface area contributed by atoms with Crippen molar-refractivity contribution < 1.29 is 4.74 Å². The van der Waals surface area contributed by atoms with E-state index in [4.69, 9.17) is 4.74 Å². The number of hydrogen-bond acceptors (Lipinski definition) is 3. The van der Waals surface area contributed by atoms with Crippen molar-refractivity contribution in [3.05, 3.63) is 59.7 Å². The van der Waals surface area contributed by atoms with Gasteiger partial charge in [-0.2, -0.15) is 0 Å². The van der Waals surface area contributed by atoms with Gasteiger partial charge in [0, 0.05) is 4.90 Å². The van der Waals surface area contributed by atoms with Crippen LogP contribution in [0.5, 0.6) is 5.75 Å². The van der Waals surface area contributed by atoms with Crippen molar-refractivity contribution in [2.45, 2.75) is 62.5 Å². The molecule has 1 atom stereocenters. The number of thioether (sulfide) groups is 2. The maximum Gasteiger partial charge on any atom is 0.118 e. The average molecular weight is 413 g/mol. The van der Waals surface area contributed by atoms with E-state index in [1.54, 1.807) is 18.9 Å². The molecule has 0 heterocycles. The van der Waals surface area contributed by atoms with Gasteiger partial charge in [-0.15, -0.1) is 11.8 Å². The molecule has 0 unspecified atom stereocenters. The van der Waals surface area contributed by atoms with Crippen molar-refractivity contribution in [1.29, 1.82) is 0 Å². The van der Waals surface area contributed by atoms with Gasteiger partial charge in [0.15, 0.2) is 0 Å². The molecule has 0 fully saturated rings. The number of methoxy groups -OCH3 is 1. The Balaban J connectivity index is 1.91. The number of aryl methyl sites for hydroxylation is 1. The van der Waals surface area contributed by atoms with E-state index in [9.17, 15) is 0 Å². The number of benzene rings is 2. The highest BCUT2D eigenvalue weighted by molar-refractivity contribution is 8.04. The van der Waals surface area contributed by atoms with E-state index in [0.29, 0.717) is 0 Å². The summed E-state index contributed by atoms with van der Waals surface area (Å²) in [5.41, 5.74) is 2.61. The molecule has 2 aromatic rings. The molecule has 28 heavy (non-hydrogen) atoms. The van der Waals surface area contributed by atoms with Crippen molar-refractivity contribution in [2.75, 3.05) is 12.9 Å². The van der Waals surface area contributed by atoms with Gasteiger partial charge in [-0.25, -0.2) is 0 Å². The molecule has 0 saturated heterocycles. The number of rotatable bonds is 11. The minimum Gasteiger partial charge on any atom is -0.497 e. The van der Waals surface area contributed by atoms with Crippen molar-refractivity contribution in [3.8, 4) is 16.9 Å². The Morgan fingerprint density at radius 2 is 1.57 bits per heavy atom. The summed E-state index contributed by atoms with van der Waals surface area (Å²) in [5, 5.41) is 3.56. The smallest absolute Gasteiger partial charge is 0.118 e. The Morgan fingerprint density at radius 1 is 0.893 bits per heavy atom. The van der Waals surface area contributed by atoms with E-state index in [1.807, 2.05) is 23.9 Å². The molecule has 150 valence electrons. The van der Waals surface area contributed by atoms with Gasteiger partial charge in [0.1, 0.15) is 5.75 Å². The summed E-state index contributed by atoms with van der Waals surface area (Å²) < 4.78 is 5.22. The van der Waals surface area contributed by atoms with Crippen LogP contribution in [0.4, 0.5) is 0 Å². The highest BCUT2D eigenvalue weighted by Crippen LogP contribution is 2.30. The Labute approximate surface area is 180 Å². The maximum atomic E-state index is 5.22. The summed E-state index contributed by atoms with van der Waals surface area (Å²) >= 11 is 3.57. The zero-order chi connectivity index (χ0) is 20.0. The third-order valence-corrected chi connectivity index (χ3v) is 6.56. The monoisotopic (exact) mass is 412 g/mol. The van der Waals surface area contributed by atoms with Gasteiger partial charge in [0.05, 0.1) is 12.4 Å². The van der Waals surface area contributed by atoms with Crippen LogP contribution in [0.2, 0.25) is 0 Å². The molecule has 0 saturated carbocycles. The average Bonchev–Trinajstić information content (AvgIpc) is 2.73. The number of unbranched alkanes of at least 4 members (excludes halogenated alkanes) is 5. The van der Waals surface area contributed by atoms with E-state index in [0.717, 1.165) is 10.6 Å². The molecule has 0 amide bonds. The van der Waals surface area contributed by atoms with Gasteiger partial charge >= 0.3 is 0 Å². The molecule has 3 heteroatoms. The third kappa shape index (κ3) is 8.67. The van der Waals surface area contributed by atoms with Crippen LogP contribution in [0.15, 0.2) is 53.4 Å². The first-order valence-corrected chi connectivity index (χ1v) is 12.1. The molecule has 0 bridgehead atoms. The van der Waals surface area contributed by atoms with E-state index >= 15 is 0 Å². The SMILES string of the molecule is CCCCCCCCS[C@H](C#CSc1ccc(OC)cc1)c1ccc(C)cc1. The van der Waals surface area contributed by atoms with E-state index in [-0.39, 0.29) is 5.25 Å². The molecule has 0 aliphatic carbocycles. The Kier molecular flexibility index (Phi) is 11.1. The third-order valence-electron chi connectivity index (χ3n) is 4.58. The van der Waals surface area contributed by atoms with Crippen LogP contribution in [-0.2, 0) is 0 Å².